The van der Waals surface area contributed by atoms with E-state index < -0.39 is 0 Å². The van der Waals surface area contributed by atoms with Gasteiger partial charge in [-0.05, 0) is 32.0 Å². The summed E-state index contributed by atoms with van der Waals surface area (Å²) in [6.07, 6.45) is 1.66. The Kier molecular flexibility index (Phi) is 2.33. The van der Waals surface area contributed by atoms with Crippen LogP contribution in [0.5, 0.6) is 0 Å². The molecule has 0 atom stereocenters. The highest BCUT2D eigenvalue weighted by atomic mass is 15.0. The molecule has 0 radical (unpaired) electrons. The fourth-order valence-electron chi connectivity index (χ4n) is 1.52. The SMILES string of the molecule is Cc1cc(-c2ccnc(N)n2)cc(C)n1. The van der Waals surface area contributed by atoms with Crippen molar-refractivity contribution < 1.29 is 0 Å². The smallest absolute Gasteiger partial charge is 0.220 e. The van der Waals surface area contributed by atoms with Gasteiger partial charge in [0.15, 0.2) is 0 Å². The molecule has 15 heavy (non-hydrogen) atoms. The van der Waals surface area contributed by atoms with E-state index in [1.165, 1.54) is 0 Å². The molecule has 0 bridgehead atoms. The molecular weight excluding hydrogens is 188 g/mol. The number of pyridine rings is 1. The van der Waals surface area contributed by atoms with E-state index in [0.717, 1.165) is 22.6 Å². The minimum Gasteiger partial charge on any atom is -0.368 e. The number of nitrogen functional groups attached to an aromatic ring is 1. The van der Waals surface area contributed by atoms with Crippen molar-refractivity contribution in [3.63, 3.8) is 0 Å². The number of hydrogen-bond acceptors (Lipinski definition) is 4. The maximum Gasteiger partial charge on any atom is 0.220 e. The number of hydrogen-bond donors (Lipinski definition) is 1. The molecule has 0 spiro atoms. The number of nitrogens with zero attached hydrogens (tertiary/aromatic N) is 3. The van der Waals surface area contributed by atoms with Gasteiger partial charge >= 0.3 is 0 Å². The third-order valence-corrected chi connectivity index (χ3v) is 2.05. The molecule has 4 heteroatoms. The molecular formula is C11H12N4. The molecule has 4 nitrogen and oxygen atoms in total. The third-order valence-electron chi connectivity index (χ3n) is 2.05. The second kappa shape index (κ2) is 3.65. The number of nitrogens with two attached hydrogens (primary N) is 1. The first-order valence-electron chi connectivity index (χ1n) is 4.69. The summed E-state index contributed by atoms with van der Waals surface area (Å²) in [6.45, 7) is 3.92. The van der Waals surface area contributed by atoms with Crippen LogP contribution < -0.4 is 5.73 Å². The van der Waals surface area contributed by atoms with Crippen LogP contribution in [0, 0.1) is 13.8 Å². The summed E-state index contributed by atoms with van der Waals surface area (Å²) in [5.74, 6) is 0.291. The molecule has 0 fully saturated rings. The van der Waals surface area contributed by atoms with Crippen molar-refractivity contribution >= 4 is 5.95 Å². The van der Waals surface area contributed by atoms with Crippen molar-refractivity contribution in [3.8, 4) is 11.3 Å². The lowest BCUT2D eigenvalue weighted by Gasteiger charge is -2.03. The molecule has 0 aliphatic rings. The Morgan fingerprint density at radius 3 is 2.33 bits per heavy atom. The van der Waals surface area contributed by atoms with Crippen LogP contribution in [0.2, 0.25) is 0 Å². The van der Waals surface area contributed by atoms with Crippen molar-refractivity contribution in [1.29, 1.82) is 0 Å². The van der Waals surface area contributed by atoms with Crippen LogP contribution in [-0.4, -0.2) is 15.0 Å². The van der Waals surface area contributed by atoms with Gasteiger partial charge in [0.25, 0.3) is 0 Å². The van der Waals surface area contributed by atoms with Crippen LogP contribution in [0.15, 0.2) is 24.4 Å². The molecule has 76 valence electrons. The maximum absolute atomic E-state index is 5.53. The van der Waals surface area contributed by atoms with Gasteiger partial charge in [-0.15, -0.1) is 0 Å². The molecule has 2 aromatic rings. The Labute approximate surface area is 88.2 Å². The zero-order chi connectivity index (χ0) is 10.8. The summed E-state index contributed by atoms with van der Waals surface area (Å²) < 4.78 is 0. The van der Waals surface area contributed by atoms with Gasteiger partial charge in [-0.2, -0.15) is 0 Å². The molecule has 0 saturated heterocycles. The molecule has 0 aliphatic carbocycles. The van der Waals surface area contributed by atoms with Crippen LogP contribution >= 0.6 is 0 Å². The van der Waals surface area contributed by atoms with E-state index in [1.54, 1.807) is 6.20 Å². The van der Waals surface area contributed by atoms with Gasteiger partial charge in [0.05, 0.1) is 5.69 Å². The zero-order valence-corrected chi connectivity index (χ0v) is 8.73. The minimum atomic E-state index is 0.291. The zero-order valence-electron chi connectivity index (χ0n) is 8.73. The van der Waals surface area contributed by atoms with Crippen molar-refractivity contribution in [1.82, 2.24) is 15.0 Å². The quantitative estimate of drug-likeness (QED) is 0.761. The fourth-order valence-corrected chi connectivity index (χ4v) is 1.52. The van der Waals surface area contributed by atoms with Crippen molar-refractivity contribution in [3.05, 3.63) is 35.8 Å². The topological polar surface area (TPSA) is 64.7 Å². The molecule has 0 aliphatic heterocycles. The number of rotatable bonds is 1. The second-order valence-electron chi connectivity index (χ2n) is 3.44. The van der Waals surface area contributed by atoms with Gasteiger partial charge in [-0.25, -0.2) is 9.97 Å². The highest BCUT2D eigenvalue weighted by Crippen LogP contribution is 2.18. The lowest BCUT2D eigenvalue weighted by atomic mass is 10.1. The summed E-state index contributed by atoms with van der Waals surface area (Å²) in [4.78, 5) is 12.3. The molecule has 0 amide bonds. The van der Waals surface area contributed by atoms with Crippen LogP contribution in [0.4, 0.5) is 5.95 Å². The largest absolute Gasteiger partial charge is 0.368 e. The standard InChI is InChI=1S/C11H12N4/c1-7-5-9(6-8(2)14-7)10-3-4-13-11(12)15-10/h3-6H,1-2H3,(H2,12,13,15). The van der Waals surface area contributed by atoms with E-state index in [4.69, 9.17) is 5.73 Å². The van der Waals surface area contributed by atoms with Gasteiger partial charge in [0.2, 0.25) is 5.95 Å². The first kappa shape index (κ1) is 9.58. The van der Waals surface area contributed by atoms with Gasteiger partial charge < -0.3 is 5.73 Å². The third kappa shape index (κ3) is 2.10. The average Bonchev–Trinajstić information content (AvgIpc) is 2.16. The second-order valence-corrected chi connectivity index (χ2v) is 3.44. The minimum absolute atomic E-state index is 0.291. The lowest BCUT2D eigenvalue weighted by Crippen LogP contribution is -1.96. The van der Waals surface area contributed by atoms with Gasteiger partial charge in [-0.1, -0.05) is 0 Å². The Hall–Kier alpha value is -1.97. The van der Waals surface area contributed by atoms with E-state index in [9.17, 15) is 0 Å². The molecule has 0 saturated carbocycles. The van der Waals surface area contributed by atoms with E-state index in [-0.39, 0.29) is 0 Å². The molecule has 0 aromatic carbocycles. The molecule has 2 aromatic heterocycles. The van der Waals surface area contributed by atoms with E-state index in [1.807, 2.05) is 32.0 Å². The summed E-state index contributed by atoms with van der Waals surface area (Å²) in [5.41, 5.74) is 9.33. The van der Waals surface area contributed by atoms with Crippen molar-refractivity contribution in [2.75, 3.05) is 5.73 Å². The number of aromatic nitrogens is 3. The highest BCUT2D eigenvalue weighted by molar-refractivity contribution is 5.60. The normalized spacial score (nSPS) is 10.3. The van der Waals surface area contributed by atoms with Gasteiger partial charge in [0.1, 0.15) is 0 Å². The first-order chi connectivity index (χ1) is 7.15. The molecule has 2 rings (SSSR count). The van der Waals surface area contributed by atoms with Crippen LogP contribution in [0.1, 0.15) is 11.4 Å². The lowest BCUT2D eigenvalue weighted by molar-refractivity contribution is 1.11. The van der Waals surface area contributed by atoms with E-state index in [0.29, 0.717) is 5.95 Å². The maximum atomic E-state index is 5.53. The Morgan fingerprint density at radius 1 is 1.07 bits per heavy atom. The predicted molar refractivity (Wildman–Crippen MR) is 59.1 cm³/mol. The predicted octanol–water partition coefficient (Wildman–Crippen LogP) is 1.74. The van der Waals surface area contributed by atoms with Gasteiger partial charge in [0, 0.05) is 23.1 Å². The monoisotopic (exact) mass is 200 g/mol. The molecule has 0 unspecified atom stereocenters. The molecule has 2 N–H and O–H groups in total. The summed E-state index contributed by atoms with van der Waals surface area (Å²) in [7, 11) is 0. The van der Waals surface area contributed by atoms with Gasteiger partial charge in [-0.3, -0.25) is 4.98 Å². The van der Waals surface area contributed by atoms with Crippen LogP contribution in [0.25, 0.3) is 11.3 Å². The fraction of sp³-hybridized carbons (Fsp3) is 0.182. The van der Waals surface area contributed by atoms with E-state index >= 15 is 0 Å². The van der Waals surface area contributed by atoms with Crippen molar-refractivity contribution in [2.45, 2.75) is 13.8 Å². The number of aryl methyl sites for hydroxylation is 2. The Morgan fingerprint density at radius 2 is 1.73 bits per heavy atom. The Balaban J connectivity index is 2.54. The summed E-state index contributed by atoms with van der Waals surface area (Å²) in [6, 6.07) is 5.80. The highest BCUT2D eigenvalue weighted by Gasteiger charge is 2.02. The van der Waals surface area contributed by atoms with Crippen LogP contribution in [-0.2, 0) is 0 Å². The van der Waals surface area contributed by atoms with Crippen LogP contribution in [0.3, 0.4) is 0 Å². The van der Waals surface area contributed by atoms with Crippen molar-refractivity contribution in [2.24, 2.45) is 0 Å². The molecule has 2 heterocycles. The number of anilines is 1. The van der Waals surface area contributed by atoms with E-state index in [2.05, 4.69) is 15.0 Å². The average molecular weight is 200 g/mol. The summed E-state index contributed by atoms with van der Waals surface area (Å²) >= 11 is 0. The first-order valence-corrected chi connectivity index (χ1v) is 4.69. The Bertz CT molecular complexity index is 473. The summed E-state index contributed by atoms with van der Waals surface area (Å²) in [5, 5.41) is 0.